The molecule has 0 N–H and O–H groups in total. The van der Waals surface area contributed by atoms with Crippen molar-refractivity contribution in [2.45, 2.75) is 23.7 Å². The molecule has 2 atom stereocenters. The molecular formula is C86H62N2. The first kappa shape index (κ1) is 52.5. The van der Waals surface area contributed by atoms with Gasteiger partial charge in [-0.3, -0.25) is 0 Å². The molecule has 3 aliphatic carbocycles. The third kappa shape index (κ3) is 8.10. The van der Waals surface area contributed by atoms with E-state index in [2.05, 4.69) is 338 Å². The number of fused-ring (bicyclic) bond motifs is 8. The Labute approximate surface area is 515 Å². The topological polar surface area (TPSA) is 6.48 Å². The molecule has 13 aromatic carbocycles. The Hall–Kier alpha value is -11.1. The summed E-state index contributed by atoms with van der Waals surface area (Å²) in [7, 11) is 0. The molecule has 0 aromatic heterocycles. The maximum atomic E-state index is 4.11. The Morgan fingerprint density at radius 3 is 1.16 bits per heavy atom. The Kier molecular flexibility index (Phi) is 12.8. The van der Waals surface area contributed by atoms with E-state index in [1.54, 1.807) is 0 Å². The Morgan fingerprint density at radius 2 is 0.693 bits per heavy atom. The number of para-hydroxylation sites is 1. The van der Waals surface area contributed by atoms with Crippen molar-refractivity contribution in [1.29, 1.82) is 0 Å². The van der Waals surface area contributed by atoms with Crippen molar-refractivity contribution in [3.05, 3.63) is 390 Å². The Bertz CT molecular complexity index is 4940. The van der Waals surface area contributed by atoms with Crippen LogP contribution in [0.1, 0.15) is 68.5 Å². The number of nitrogens with zero attached hydrogens (tertiary/aromatic N) is 2. The molecule has 0 aliphatic heterocycles. The van der Waals surface area contributed by atoms with Crippen LogP contribution in [0.15, 0.2) is 334 Å². The fourth-order valence-corrected chi connectivity index (χ4v) is 15.2. The number of benzene rings is 13. The molecule has 416 valence electrons. The van der Waals surface area contributed by atoms with Crippen LogP contribution in [0.4, 0.5) is 28.4 Å². The molecule has 0 spiro atoms. The number of hydrogen-bond donors (Lipinski definition) is 0. The van der Waals surface area contributed by atoms with Gasteiger partial charge in [-0.15, -0.1) is 0 Å². The quantitative estimate of drug-likeness (QED) is 0.114. The first-order valence-electron chi connectivity index (χ1n) is 30.7. The van der Waals surface area contributed by atoms with Gasteiger partial charge in [0.05, 0.1) is 22.2 Å². The average Bonchev–Trinajstić information content (AvgIpc) is 1.55. The van der Waals surface area contributed by atoms with Crippen LogP contribution in [0.3, 0.4) is 0 Å². The SMILES string of the molecule is C=Cc1ccc(C2(c3ccccc3)c3ccccc3-c3ccc(N(C4=CC=CCC4)c4ccc(-c5ccc(N(c6ccccc6)c6ccc7c(c6)C(c6ccccc6)(c6ccc(C=C)cc6)c6ccccc6-7)c6ccccc56)c5ccccc45)cc32)cc1. The first-order valence-corrected chi connectivity index (χ1v) is 30.7. The van der Waals surface area contributed by atoms with Gasteiger partial charge in [0.2, 0.25) is 0 Å². The molecule has 0 heterocycles. The van der Waals surface area contributed by atoms with Gasteiger partial charge < -0.3 is 9.80 Å². The molecule has 2 nitrogen and oxygen atoms in total. The van der Waals surface area contributed by atoms with E-state index in [-0.39, 0.29) is 0 Å². The van der Waals surface area contributed by atoms with Crippen molar-refractivity contribution in [1.82, 2.24) is 0 Å². The second-order valence-corrected chi connectivity index (χ2v) is 23.4. The number of allylic oxidation sites excluding steroid dienone is 4. The standard InChI is InChI=1S/C86H62N2/c1-3-59-41-45-63(46-42-59)85(61-25-9-5-10-26-61)79-39-23-21-35-73(79)75-51-49-67(57-81(75)85)87(65-29-13-7-14-30-65)83-55-53-71(69-33-17-19-37-77(69)83)72-54-56-84(78-38-20-18-34-70(72)78)88(66-31-15-8-16-32-66)68-50-52-76-74-36-22-24-40-80(74)86(82(76)58-68,62-27-11-6-12-28-62)64-47-43-60(4-2)44-48-64/h3-15,17-31,33-58H,1-2,16,32H2. The highest BCUT2D eigenvalue weighted by Crippen LogP contribution is 2.60. The van der Waals surface area contributed by atoms with E-state index in [4.69, 9.17) is 0 Å². The Balaban J connectivity index is 0.862. The summed E-state index contributed by atoms with van der Waals surface area (Å²) in [6.45, 7) is 8.23. The molecule has 2 heteroatoms. The minimum absolute atomic E-state index is 0.567. The largest absolute Gasteiger partial charge is 0.314 e. The number of anilines is 5. The van der Waals surface area contributed by atoms with Crippen LogP contribution >= 0.6 is 0 Å². The fraction of sp³-hybridized carbons (Fsp3) is 0.0465. The minimum Gasteiger partial charge on any atom is -0.314 e. The molecule has 2 unspecified atom stereocenters. The molecule has 0 fully saturated rings. The van der Waals surface area contributed by atoms with Crippen LogP contribution in [-0.4, -0.2) is 0 Å². The van der Waals surface area contributed by atoms with E-state index in [9.17, 15) is 0 Å². The van der Waals surface area contributed by atoms with Crippen molar-refractivity contribution in [2.75, 3.05) is 9.80 Å². The van der Waals surface area contributed by atoms with Gasteiger partial charge >= 0.3 is 0 Å². The molecule has 16 rings (SSSR count). The van der Waals surface area contributed by atoms with Crippen molar-refractivity contribution >= 4 is 62.1 Å². The highest BCUT2D eigenvalue weighted by molar-refractivity contribution is 6.13. The molecule has 3 aliphatic rings. The number of hydrogen-bond acceptors (Lipinski definition) is 2. The van der Waals surface area contributed by atoms with Crippen LogP contribution in [-0.2, 0) is 10.8 Å². The maximum Gasteiger partial charge on any atom is 0.0714 e. The predicted molar refractivity (Wildman–Crippen MR) is 371 cm³/mol. The van der Waals surface area contributed by atoms with Gasteiger partial charge in [0, 0.05) is 33.5 Å². The van der Waals surface area contributed by atoms with Gasteiger partial charge in [-0.1, -0.05) is 286 Å². The molecule has 0 bridgehead atoms. The zero-order chi connectivity index (χ0) is 58.8. The van der Waals surface area contributed by atoms with Gasteiger partial charge in [0.1, 0.15) is 0 Å². The van der Waals surface area contributed by atoms with Crippen LogP contribution in [0, 0.1) is 0 Å². The highest BCUT2D eigenvalue weighted by Gasteiger charge is 2.48. The van der Waals surface area contributed by atoms with E-state index >= 15 is 0 Å². The zero-order valence-corrected chi connectivity index (χ0v) is 48.9. The van der Waals surface area contributed by atoms with E-state index < -0.39 is 10.8 Å². The highest BCUT2D eigenvalue weighted by atomic mass is 15.2. The fourth-order valence-electron chi connectivity index (χ4n) is 15.2. The van der Waals surface area contributed by atoms with Crippen LogP contribution in [0.2, 0.25) is 0 Å². The number of rotatable bonds is 13. The van der Waals surface area contributed by atoms with E-state index in [1.165, 1.54) is 99.7 Å². The normalized spacial score (nSPS) is 16.1. The van der Waals surface area contributed by atoms with Crippen LogP contribution in [0.5, 0.6) is 0 Å². The van der Waals surface area contributed by atoms with E-state index in [0.29, 0.717) is 0 Å². The smallest absolute Gasteiger partial charge is 0.0714 e. The third-order valence-electron chi connectivity index (χ3n) is 19.0. The van der Waals surface area contributed by atoms with Gasteiger partial charge in [0.25, 0.3) is 0 Å². The lowest BCUT2D eigenvalue weighted by Crippen LogP contribution is -2.29. The monoisotopic (exact) mass is 1120 g/mol. The van der Waals surface area contributed by atoms with Gasteiger partial charge in [-0.05, 0) is 167 Å². The van der Waals surface area contributed by atoms with Crippen molar-refractivity contribution < 1.29 is 0 Å². The molecule has 0 radical (unpaired) electrons. The van der Waals surface area contributed by atoms with Crippen molar-refractivity contribution in [3.8, 4) is 33.4 Å². The lowest BCUT2D eigenvalue weighted by Gasteiger charge is -2.35. The summed E-state index contributed by atoms with van der Waals surface area (Å²) in [5.74, 6) is 0. The summed E-state index contributed by atoms with van der Waals surface area (Å²) in [6.07, 6.45) is 12.6. The Morgan fingerprint density at radius 1 is 0.307 bits per heavy atom. The summed E-state index contributed by atoms with van der Waals surface area (Å²) < 4.78 is 0. The molecule has 13 aromatic rings. The van der Waals surface area contributed by atoms with Crippen molar-refractivity contribution in [2.24, 2.45) is 0 Å². The predicted octanol–water partition coefficient (Wildman–Crippen LogP) is 22.5. The minimum atomic E-state index is -0.582. The molecule has 88 heavy (non-hydrogen) atoms. The van der Waals surface area contributed by atoms with E-state index in [0.717, 1.165) is 57.8 Å². The molecular weight excluding hydrogens is 1060 g/mol. The summed E-state index contributed by atoms with van der Waals surface area (Å²) in [5.41, 5.74) is 25.3. The molecule has 0 saturated carbocycles. The second kappa shape index (κ2) is 21.5. The first-order chi connectivity index (χ1) is 43.6. The van der Waals surface area contributed by atoms with Crippen LogP contribution < -0.4 is 9.80 Å². The maximum absolute atomic E-state index is 4.11. The lowest BCUT2D eigenvalue weighted by atomic mass is 9.67. The summed E-state index contributed by atoms with van der Waals surface area (Å²) in [4.78, 5) is 5.02. The summed E-state index contributed by atoms with van der Waals surface area (Å²) >= 11 is 0. The zero-order valence-electron chi connectivity index (χ0n) is 48.9. The average molecular weight is 1120 g/mol. The summed E-state index contributed by atoms with van der Waals surface area (Å²) in [6, 6.07) is 111. The van der Waals surface area contributed by atoms with Crippen LogP contribution in [0.25, 0.3) is 67.1 Å². The third-order valence-corrected chi connectivity index (χ3v) is 19.0. The van der Waals surface area contributed by atoms with Gasteiger partial charge in [0.15, 0.2) is 0 Å². The molecule has 0 amide bonds. The van der Waals surface area contributed by atoms with Crippen molar-refractivity contribution in [3.63, 3.8) is 0 Å². The lowest BCUT2D eigenvalue weighted by molar-refractivity contribution is 0.768. The molecule has 0 saturated heterocycles. The van der Waals surface area contributed by atoms with E-state index in [1.807, 2.05) is 12.2 Å². The summed E-state index contributed by atoms with van der Waals surface area (Å²) in [5, 5.41) is 4.73. The second-order valence-electron chi connectivity index (χ2n) is 23.4. The van der Waals surface area contributed by atoms with Gasteiger partial charge in [-0.25, -0.2) is 0 Å². The van der Waals surface area contributed by atoms with Gasteiger partial charge in [-0.2, -0.15) is 0 Å².